The molecular formula is C20H25N3O2. The molecule has 2 heterocycles. The van der Waals surface area contributed by atoms with Crippen LogP contribution in [-0.2, 0) is 6.54 Å². The number of carbonyl (C=O) groups is 1. The first-order valence-corrected chi connectivity index (χ1v) is 8.71. The zero-order chi connectivity index (χ0) is 18.0. The van der Waals surface area contributed by atoms with E-state index in [1.165, 1.54) is 0 Å². The molecule has 2 aromatic rings. The van der Waals surface area contributed by atoms with Crippen molar-refractivity contribution < 1.29 is 9.53 Å². The van der Waals surface area contributed by atoms with Crippen molar-refractivity contribution >= 4 is 12.0 Å². The quantitative estimate of drug-likeness (QED) is 0.806. The molecule has 3 rings (SSSR count). The Bertz CT molecular complexity index is 775. The van der Waals surface area contributed by atoms with E-state index in [-0.39, 0.29) is 5.91 Å². The summed E-state index contributed by atoms with van der Waals surface area (Å²) in [5.74, 6) is 1.90. The highest BCUT2D eigenvalue weighted by Gasteiger charge is 2.29. The van der Waals surface area contributed by atoms with Gasteiger partial charge < -0.3 is 14.2 Å². The second-order valence-corrected chi connectivity index (χ2v) is 6.73. The average molecular weight is 339 g/mol. The van der Waals surface area contributed by atoms with E-state index < -0.39 is 0 Å². The molecule has 0 bridgehead atoms. The number of methoxy groups -OCH3 is 1. The molecule has 132 valence electrons. The van der Waals surface area contributed by atoms with Gasteiger partial charge in [-0.05, 0) is 42.7 Å². The predicted molar refractivity (Wildman–Crippen MR) is 99.7 cm³/mol. The number of hydrogen-bond acceptors (Lipinski definition) is 3. The molecule has 1 aliphatic rings. The lowest BCUT2D eigenvalue weighted by molar-refractivity contribution is 0.0690. The van der Waals surface area contributed by atoms with Crippen LogP contribution in [0.3, 0.4) is 0 Å². The maximum absolute atomic E-state index is 12.8. The smallest absolute Gasteiger partial charge is 0.289 e. The highest BCUT2D eigenvalue weighted by Crippen LogP contribution is 2.30. The number of rotatable bonds is 6. The van der Waals surface area contributed by atoms with Crippen LogP contribution >= 0.6 is 0 Å². The van der Waals surface area contributed by atoms with Crippen LogP contribution in [0.25, 0.3) is 17.3 Å². The zero-order valence-electron chi connectivity index (χ0n) is 15.2. The van der Waals surface area contributed by atoms with Gasteiger partial charge in [0.05, 0.1) is 18.5 Å². The Balaban J connectivity index is 1.96. The summed E-state index contributed by atoms with van der Waals surface area (Å²) in [5.41, 5.74) is 2.71. The number of carbonyl (C=O) groups excluding carboxylic acids is 1. The fourth-order valence-electron chi connectivity index (χ4n) is 3.14. The summed E-state index contributed by atoms with van der Waals surface area (Å²) in [5, 5.41) is 0. The Hall–Kier alpha value is -2.56. The minimum Gasteiger partial charge on any atom is -0.497 e. The maximum Gasteiger partial charge on any atom is 0.289 e. The maximum atomic E-state index is 12.8. The SMILES string of the molecule is C=Cc1nc2n(c1-c1ccc(OC)cc1)CCN(CCC(C)C)C2=O. The van der Waals surface area contributed by atoms with E-state index in [1.807, 2.05) is 33.7 Å². The largest absolute Gasteiger partial charge is 0.497 e. The van der Waals surface area contributed by atoms with E-state index in [2.05, 4.69) is 25.4 Å². The third kappa shape index (κ3) is 3.31. The minimum atomic E-state index is 0.00904. The number of benzene rings is 1. The molecule has 0 N–H and O–H groups in total. The topological polar surface area (TPSA) is 47.4 Å². The summed E-state index contributed by atoms with van der Waals surface area (Å²) >= 11 is 0. The molecule has 0 aliphatic carbocycles. The number of amides is 1. The van der Waals surface area contributed by atoms with Gasteiger partial charge in [0.25, 0.3) is 5.91 Å². The Morgan fingerprint density at radius 3 is 2.60 bits per heavy atom. The molecular weight excluding hydrogens is 314 g/mol. The Kier molecular flexibility index (Phi) is 4.93. The predicted octanol–water partition coefficient (Wildman–Crippen LogP) is 3.70. The fraction of sp³-hybridized carbons (Fsp3) is 0.400. The third-order valence-electron chi connectivity index (χ3n) is 4.60. The van der Waals surface area contributed by atoms with Gasteiger partial charge in [-0.3, -0.25) is 4.79 Å². The molecule has 0 saturated heterocycles. The van der Waals surface area contributed by atoms with Crippen molar-refractivity contribution in [3.05, 3.63) is 42.4 Å². The summed E-state index contributed by atoms with van der Waals surface area (Å²) in [4.78, 5) is 19.3. The number of nitrogens with zero attached hydrogens (tertiary/aromatic N) is 3. The van der Waals surface area contributed by atoms with Crippen molar-refractivity contribution in [2.45, 2.75) is 26.8 Å². The van der Waals surface area contributed by atoms with Gasteiger partial charge in [-0.1, -0.05) is 20.4 Å². The first-order chi connectivity index (χ1) is 12.0. The fourth-order valence-corrected chi connectivity index (χ4v) is 3.14. The highest BCUT2D eigenvalue weighted by molar-refractivity contribution is 5.93. The minimum absolute atomic E-state index is 0.00904. The monoisotopic (exact) mass is 339 g/mol. The van der Waals surface area contributed by atoms with Crippen molar-refractivity contribution in [1.29, 1.82) is 0 Å². The average Bonchev–Trinajstić information content (AvgIpc) is 3.00. The highest BCUT2D eigenvalue weighted by atomic mass is 16.5. The second-order valence-electron chi connectivity index (χ2n) is 6.73. The lowest BCUT2D eigenvalue weighted by Gasteiger charge is -2.28. The molecule has 5 nitrogen and oxygen atoms in total. The standard InChI is InChI=1S/C20H25N3O2/c1-5-17-18(15-6-8-16(25-4)9-7-15)23-13-12-22(11-10-14(2)3)20(24)19(23)21-17/h5-9,14H,1,10-13H2,2-4H3. The van der Waals surface area contributed by atoms with Gasteiger partial charge in [0.2, 0.25) is 0 Å². The van der Waals surface area contributed by atoms with Crippen LogP contribution in [0.2, 0.25) is 0 Å². The van der Waals surface area contributed by atoms with E-state index >= 15 is 0 Å². The van der Waals surface area contributed by atoms with Crippen LogP contribution < -0.4 is 4.74 Å². The second kappa shape index (κ2) is 7.13. The van der Waals surface area contributed by atoms with Crippen LogP contribution in [0.15, 0.2) is 30.8 Å². The number of fused-ring (bicyclic) bond motifs is 1. The van der Waals surface area contributed by atoms with Gasteiger partial charge in [-0.2, -0.15) is 0 Å². The van der Waals surface area contributed by atoms with Gasteiger partial charge in [0.1, 0.15) is 5.75 Å². The van der Waals surface area contributed by atoms with E-state index in [9.17, 15) is 4.79 Å². The first-order valence-electron chi connectivity index (χ1n) is 8.71. The molecule has 25 heavy (non-hydrogen) atoms. The third-order valence-corrected chi connectivity index (χ3v) is 4.60. The van der Waals surface area contributed by atoms with Crippen LogP contribution in [0.1, 0.15) is 36.6 Å². The molecule has 1 aliphatic heterocycles. The summed E-state index contributed by atoms with van der Waals surface area (Å²) in [6.45, 7) is 10.5. The normalized spacial score (nSPS) is 13.9. The number of aromatic nitrogens is 2. The molecule has 0 atom stereocenters. The summed E-state index contributed by atoms with van der Waals surface area (Å²) in [6, 6.07) is 7.82. The molecule has 1 aromatic heterocycles. The van der Waals surface area contributed by atoms with Crippen molar-refractivity contribution in [2.24, 2.45) is 5.92 Å². The van der Waals surface area contributed by atoms with E-state index in [0.29, 0.717) is 18.3 Å². The Labute approximate surface area is 148 Å². The van der Waals surface area contributed by atoms with Gasteiger partial charge >= 0.3 is 0 Å². The molecule has 0 fully saturated rings. The van der Waals surface area contributed by atoms with E-state index in [4.69, 9.17) is 4.74 Å². The number of ether oxygens (including phenoxy) is 1. The van der Waals surface area contributed by atoms with Crippen LogP contribution in [-0.4, -0.2) is 40.6 Å². The molecule has 0 unspecified atom stereocenters. The number of hydrogen-bond donors (Lipinski definition) is 0. The summed E-state index contributed by atoms with van der Waals surface area (Å²) in [7, 11) is 1.65. The lowest BCUT2D eigenvalue weighted by atomic mass is 10.1. The molecule has 0 radical (unpaired) electrons. The molecule has 0 spiro atoms. The van der Waals surface area contributed by atoms with Crippen molar-refractivity contribution in [3.63, 3.8) is 0 Å². The first kappa shape index (κ1) is 17.3. The Morgan fingerprint density at radius 2 is 2.00 bits per heavy atom. The summed E-state index contributed by atoms with van der Waals surface area (Å²) in [6.07, 6.45) is 2.72. The number of imidazole rings is 1. The van der Waals surface area contributed by atoms with E-state index in [0.717, 1.165) is 42.2 Å². The zero-order valence-corrected chi connectivity index (χ0v) is 15.2. The van der Waals surface area contributed by atoms with Crippen molar-refractivity contribution in [3.8, 4) is 17.0 Å². The summed E-state index contributed by atoms with van der Waals surface area (Å²) < 4.78 is 7.25. The van der Waals surface area contributed by atoms with Gasteiger partial charge in [0, 0.05) is 25.2 Å². The van der Waals surface area contributed by atoms with Gasteiger partial charge in [0.15, 0.2) is 5.82 Å². The van der Waals surface area contributed by atoms with Crippen LogP contribution in [0.4, 0.5) is 0 Å². The van der Waals surface area contributed by atoms with Crippen LogP contribution in [0, 0.1) is 5.92 Å². The van der Waals surface area contributed by atoms with Crippen LogP contribution in [0.5, 0.6) is 5.75 Å². The molecule has 5 heteroatoms. The van der Waals surface area contributed by atoms with Gasteiger partial charge in [-0.25, -0.2) is 4.98 Å². The molecule has 1 amide bonds. The Morgan fingerprint density at radius 1 is 1.28 bits per heavy atom. The lowest BCUT2D eigenvalue weighted by Crippen LogP contribution is -2.41. The van der Waals surface area contributed by atoms with Gasteiger partial charge in [-0.15, -0.1) is 0 Å². The van der Waals surface area contributed by atoms with E-state index in [1.54, 1.807) is 13.2 Å². The molecule has 1 aromatic carbocycles. The van der Waals surface area contributed by atoms with Crippen molar-refractivity contribution in [2.75, 3.05) is 20.2 Å². The van der Waals surface area contributed by atoms with Crippen molar-refractivity contribution in [1.82, 2.24) is 14.5 Å². The molecule has 0 saturated carbocycles.